The number of allylic oxidation sites excluding steroid dienone is 1. The molecule has 98 valence electrons. The van der Waals surface area contributed by atoms with Gasteiger partial charge in [0.1, 0.15) is 0 Å². The summed E-state index contributed by atoms with van der Waals surface area (Å²) in [5.41, 5.74) is 6.67. The van der Waals surface area contributed by atoms with Gasteiger partial charge in [-0.25, -0.2) is 0 Å². The van der Waals surface area contributed by atoms with Crippen molar-refractivity contribution in [1.82, 2.24) is 0 Å². The highest BCUT2D eigenvalue weighted by Gasteiger charge is 2.03. The third kappa shape index (κ3) is 5.72. The van der Waals surface area contributed by atoms with Crippen LogP contribution in [0.4, 0.5) is 0 Å². The highest BCUT2D eigenvalue weighted by atomic mass is 14.1. The van der Waals surface area contributed by atoms with Gasteiger partial charge in [-0.15, -0.1) is 0 Å². The molecule has 0 heteroatoms. The van der Waals surface area contributed by atoms with Crippen molar-refractivity contribution in [1.29, 1.82) is 0 Å². The Balaban J connectivity index is 0. The minimum atomic E-state index is 1.12. The van der Waals surface area contributed by atoms with Gasteiger partial charge in [-0.1, -0.05) is 58.9 Å². The SMILES string of the molecule is C=C(C)c1cc(C)c(CC)c(C)c1.CC.CC. The van der Waals surface area contributed by atoms with Crippen molar-refractivity contribution in [3.8, 4) is 0 Å². The summed E-state index contributed by atoms with van der Waals surface area (Å²) >= 11 is 0. The minimum absolute atomic E-state index is 1.12. The molecule has 0 atom stereocenters. The van der Waals surface area contributed by atoms with Crippen LogP contribution in [-0.4, -0.2) is 0 Å². The highest BCUT2D eigenvalue weighted by Crippen LogP contribution is 2.21. The van der Waals surface area contributed by atoms with Gasteiger partial charge in [-0.3, -0.25) is 0 Å². The second kappa shape index (κ2) is 10.1. The summed E-state index contributed by atoms with van der Waals surface area (Å²) in [4.78, 5) is 0. The summed E-state index contributed by atoms with van der Waals surface area (Å²) < 4.78 is 0. The lowest BCUT2D eigenvalue weighted by Gasteiger charge is -2.10. The van der Waals surface area contributed by atoms with Crippen LogP contribution in [0.15, 0.2) is 18.7 Å². The van der Waals surface area contributed by atoms with Crippen molar-refractivity contribution in [3.63, 3.8) is 0 Å². The quantitative estimate of drug-likeness (QED) is 0.593. The summed E-state index contributed by atoms with van der Waals surface area (Å²) in [7, 11) is 0. The predicted octanol–water partition coefficient (Wildman–Crippen LogP) is 5.95. The Morgan fingerprint density at radius 1 is 1.00 bits per heavy atom. The molecule has 1 aromatic carbocycles. The highest BCUT2D eigenvalue weighted by molar-refractivity contribution is 5.63. The van der Waals surface area contributed by atoms with Gasteiger partial charge in [0.2, 0.25) is 0 Å². The molecule has 0 amide bonds. The summed E-state index contributed by atoms with van der Waals surface area (Å²) in [5.74, 6) is 0. The van der Waals surface area contributed by atoms with Crippen LogP contribution >= 0.6 is 0 Å². The van der Waals surface area contributed by atoms with Crippen molar-refractivity contribution in [2.24, 2.45) is 0 Å². The third-order valence-corrected chi connectivity index (χ3v) is 2.54. The number of benzene rings is 1. The molecule has 0 nitrogen and oxygen atoms in total. The molecule has 0 bridgehead atoms. The van der Waals surface area contributed by atoms with Gasteiger partial charge in [-0.2, -0.15) is 0 Å². The standard InChI is InChI=1S/C13H18.2C2H6/c1-6-13-10(4)7-12(9(2)3)8-11(13)5;2*1-2/h7-8H,2,6H2,1,3-5H3;2*1-2H3. The van der Waals surface area contributed by atoms with Gasteiger partial charge in [0.05, 0.1) is 0 Å². The Bertz CT molecular complexity index is 309. The van der Waals surface area contributed by atoms with E-state index in [4.69, 9.17) is 0 Å². The molecule has 1 aromatic rings. The molecule has 0 saturated heterocycles. The Hall–Kier alpha value is -1.04. The molecule has 0 aromatic heterocycles. The summed E-state index contributed by atoms with van der Waals surface area (Å²) in [6.45, 7) is 20.6. The largest absolute Gasteiger partial charge is 0.0955 e. The lowest BCUT2D eigenvalue weighted by molar-refractivity contribution is 1.08. The van der Waals surface area contributed by atoms with Crippen molar-refractivity contribution in [2.75, 3.05) is 0 Å². The Labute approximate surface area is 109 Å². The molecule has 1 rings (SSSR count). The van der Waals surface area contributed by atoms with Crippen LogP contribution in [0.5, 0.6) is 0 Å². The maximum absolute atomic E-state index is 3.96. The van der Waals surface area contributed by atoms with E-state index in [0.717, 1.165) is 12.0 Å². The zero-order valence-electron chi connectivity index (χ0n) is 13.1. The number of hydrogen-bond acceptors (Lipinski definition) is 0. The molecule has 0 aliphatic carbocycles. The molecule has 0 aliphatic heterocycles. The Morgan fingerprint density at radius 3 is 1.59 bits per heavy atom. The zero-order chi connectivity index (χ0) is 14.0. The maximum Gasteiger partial charge on any atom is -0.0228 e. The van der Waals surface area contributed by atoms with Gasteiger partial charge < -0.3 is 0 Å². The molecule has 0 saturated carbocycles. The van der Waals surface area contributed by atoms with Crippen LogP contribution < -0.4 is 0 Å². The van der Waals surface area contributed by atoms with Crippen molar-refractivity contribution >= 4 is 5.57 Å². The van der Waals surface area contributed by atoms with E-state index in [1.54, 1.807) is 0 Å². The van der Waals surface area contributed by atoms with E-state index < -0.39 is 0 Å². The summed E-state index contributed by atoms with van der Waals surface area (Å²) in [6.07, 6.45) is 1.12. The molecule has 0 heterocycles. The first-order chi connectivity index (χ1) is 8.06. The molecular weight excluding hydrogens is 204 g/mol. The molecule has 0 aliphatic rings. The van der Waals surface area contributed by atoms with E-state index in [9.17, 15) is 0 Å². The molecule has 0 radical (unpaired) electrons. The van der Waals surface area contributed by atoms with Crippen LogP contribution in [0.1, 0.15) is 63.8 Å². The van der Waals surface area contributed by atoms with E-state index >= 15 is 0 Å². The first-order valence-corrected chi connectivity index (χ1v) is 6.82. The van der Waals surface area contributed by atoms with Gasteiger partial charge in [-0.05, 0) is 49.4 Å². The molecule has 17 heavy (non-hydrogen) atoms. The van der Waals surface area contributed by atoms with Crippen LogP contribution in [0.2, 0.25) is 0 Å². The lowest BCUT2D eigenvalue weighted by atomic mass is 9.95. The van der Waals surface area contributed by atoms with Crippen molar-refractivity contribution < 1.29 is 0 Å². The average molecular weight is 234 g/mol. The predicted molar refractivity (Wildman–Crippen MR) is 82.7 cm³/mol. The summed E-state index contributed by atoms with van der Waals surface area (Å²) in [5, 5.41) is 0. The van der Waals surface area contributed by atoms with Gasteiger partial charge in [0, 0.05) is 0 Å². The van der Waals surface area contributed by atoms with E-state index in [2.05, 4.69) is 46.4 Å². The third-order valence-electron chi connectivity index (χ3n) is 2.54. The van der Waals surface area contributed by atoms with Crippen LogP contribution in [-0.2, 0) is 6.42 Å². The Kier molecular flexibility index (Phi) is 10.9. The molecule has 0 unspecified atom stereocenters. The smallest absolute Gasteiger partial charge is 0.0228 e. The van der Waals surface area contributed by atoms with Crippen LogP contribution in [0, 0.1) is 13.8 Å². The van der Waals surface area contributed by atoms with E-state index in [-0.39, 0.29) is 0 Å². The van der Waals surface area contributed by atoms with Crippen LogP contribution in [0.3, 0.4) is 0 Å². The molecule has 0 N–H and O–H groups in total. The van der Waals surface area contributed by atoms with Crippen LogP contribution in [0.25, 0.3) is 5.57 Å². The zero-order valence-corrected chi connectivity index (χ0v) is 13.1. The first-order valence-electron chi connectivity index (χ1n) is 6.82. The van der Waals surface area contributed by atoms with Crippen molar-refractivity contribution in [2.45, 2.75) is 61.8 Å². The Morgan fingerprint density at radius 2 is 1.35 bits per heavy atom. The van der Waals surface area contributed by atoms with E-state index in [1.165, 1.54) is 22.3 Å². The van der Waals surface area contributed by atoms with Gasteiger partial charge in [0.15, 0.2) is 0 Å². The molecule has 0 fully saturated rings. The fraction of sp³-hybridized carbons (Fsp3) is 0.529. The topological polar surface area (TPSA) is 0 Å². The fourth-order valence-corrected chi connectivity index (χ4v) is 1.80. The van der Waals surface area contributed by atoms with E-state index in [1.807, 2.05) is 27.7 Å². The second-order valence-electron chi connectivity index (χ2n) is 3.72. The average Bonchev–Trinajstić information content (AvgIpc) is 2.33. The number of aryl methyl sites for hydroxylation is 2. The lowest BCUT2D eigenvalue weighted by Crippen LogP contribution is -1.93. The second-order valence-corrected chi connectivity index (χ2v) is 3.72. The molecular formula is C17H30. The van der Waals surface area contributed by atoms with E-state index in [0.29, 0.717) is 0 Å². The monoisotopic (exact) mass is 234 g/mol. The number of hydrogen-bond donors (Lipinski definition) is 0. The van der Waals surface area contributed by atoms with Gasteiger partial charge >= 0.3 is 0 Å². The first kappa shape index (κ1) is 18.3. The normalized spacial score (nSPS) is 8.47. The minimum Gasteiger partial charge on any atom is -0.0955 e. The molecule has 0 spiro atoms. The fourth-order valence-electron chi connectivity index (χ4n) is 1.80. The van der Waals surface area contributed by atoms with Crippen molar-refractivity contribution in [3.05, 3.63) is 41.0 Å². The number of rotatable bonds is 2. The van der Waals surface area contributed by atoms with Gasteiger partial charge in [0.25, 0.3) is 0 Å². The maximum atomic E-state index is 3.96. The summed E-state index contributed by atoms with van der Waals surface area (Å²) in [6, 6.07) is 4.46.